The van der Waals surface area contributed by atoms with Crippen LogP contribution in [0.4, 0.5) is 0 Å². The van der Waals surface area contributed by atoms with Gasteiger partial charge < -0.3 is 19.9 Å². The van der Waals surface area contributed by atoms with Gasteiger partial charge in [0.15, 0.2) is 18.1 Å². The van der Waals surface area contributed by atoms with Crippen molar-refractivity contribution >= 4 is 34.5 Å². The number of phenolic OH excluding ortho intramolecular Hbond substituents is 1. The maximum absolute atomic E-state index is 12.0. The lowest BCUT2D eigenvalue weighted by Crippen LogP contribution is -2.28. The number of ether oxygens (including phenoxy) is 2. The van der Waals surface area contributed by atoms with E-state index in [9.17, 15) is 14.7 Å². The van der Waals surface area contributed by atoms with Crippen LogP contribution in [-0.2, 0) is 20.9 Å². The van der Waals surface area contributed by atoms with E-state index in [0.717, 1.165) is 28.4 Å². The Morgan fingerprint density at radius 1 is 0.846 bits per heavy atom. The summed E-state index contributed by atoms with van der Waals surface area (Å²) in [6, 6.07) is 3.26. The number of amides is 1. The molecule has 1 rings (SSSR count). The lowest BCUT2D eigenvalue weighted by molar-refractivity contribution is -0.148. The van der Waals surface area contributed by atoms with Crippen molar-refractivity contribution in [2.45, 2.75) is 129 Å². The van der Waals surface area contributed by atoms with Crippen LogP contribution in [0.3, 0.4) is 0 Å². The summed E-state index contributed by atoms with van der Waals surface area (Å²) in [7, 11) is 1.48. The third-order valence-corrected chi connectivity index (χ3v) is 7.84. The molecule has 0 aromatic heterocycles. The van der Waals surface area contributed by atoms with Gasteiger partial charge in [-0.3, -0.25) is 9.59 Å². The Morgan fingerprint density at radius 2 is 1.38 bits per heavy atom. The van der Waals surface area contributed by atoms with E-state index in [-0.39, 0.29) is 30.8 Å². The molecule has 0 unspecified atom stereocenters. The van der Waals surface area contributed by atoms with Crippen molar-refractivity contribution in [1.82, 2.24) is 5.32 Å². The summed E-state index contributed by atoms with van der Waals surface area (Å²) in [5.41, 5.74) is 0.816. The van der Waals surface area contributed by atoms with Gasteiger partial charge in [-0.1, -0.05) is 96.1 Å². The Kier molecular flexibility index (Phi) is 21.8. The number of esters is 1. The molecule has 0 aliphatic carbocycles. The van der Waals surface area contributed by atoms with Gasteiger partial charge in [0, 0.05) is 16.5 Å². The van der Waals surface area contributed by atoms with E-state index in [2.05, 4.69) is 47.0 Å². The SMILES string of the molecule is CCCCCCCC/C=C/CCCCCCCCCCCC(=O)OCC(=O)NCc1cc(OC)c(O)cc1I. The molecule has 0 saturated heterocycles. The number of phenols is 1. The van der Waals surface area contributed by atoms with Gasteiger partial charge in [0.1, 0.15) is 0 Å². The first-order valence-electron chi connectivity index (χ1n) is 15.1. The van der Waals surface area contributed by atoms with Gasteiger partial charge >= 0.3 is 5.97 Å². The number of unbranched alkanes of at least 4 members (excludes halogenated alkanes) is 15. The second kappa shape index (κ2) is 24.1. The van der Waals surface area contributed by atoms with Crippen LogP contribution < -0.4 is 10.1 Å². The second-order valence-corrected chi connectivity index (χ2v) is 11.5. The first-order chi connectivity index (χ1) is 19.0. The first-order valence-corrected chi connectivity index (χ1v) is 16.2. The van der Waals surface area contributed by atoms with Crippen LogP contribution in [0.2, 0.25) is 0 Å². The molecule has 0 heterocycles. The minimum absolute atomic E-state index is 0.0542. The average Bonchev–Trinajstić information content (AvgIpc) is 2.92. The van der Waals surface area contributed by atoms with Gasteiger partial charge in [-0.25, -0.2) is 0 Å². The van der Waals surface area contributed by atoms with Crippen LogP contribution in [0.5, 0.6) is 11.5 Å². The zero-order chi connectivity index (χ0) is 28.6. The van der Waals surface area contributed by atoms with Crippen LogP contribution >= 0.6 is 22.6 Å². The van der Waals surface area contributed by atoms with E-state index in [0.29, 0.717) is 12.2 Å². The van der Waals surface area contributed by atoms with Gasteiger partial charge in [0.2, 0.25) is 0 Å². The van der Waals surface area contributed by atoms with Crippen molar-refractivity contribution in [2.75, 3.05) is 13.7 Å². The fourth-order valence-electron chi connectivity index (χ4n) is 4.39. The van der Waals surface area contributed by atoms with E-state index < -0.39 is 0 Å². The molecule has 0 fully saturated rings. The Balaban J connectivity index is 1.91. The van der Waals surface area contributed by atoms with Crippen LogP contribution in [-0.4, -0.2) is 30.7 Å². The zero-order valence-corrected chi connectivity index (χ0v) is 26.6. The molecule has 0 bridgehead atoms. The topological polar surface area (TPSA) is 84.9 Å². The van der Waals surface area contributed by atoms with Crippen LogP contribution in [0.1, 0.15) is 128 Å². The summed E-state index contributed by atoms with van der Waals surface area (Å²) in [6.45, 7) is 2.25. The summed E-state index contributed by atoms with van der Waals surface area (Å²) in [6.07, 6.45) is 26.5. The van der Waals surface area contributed by atoms with Gasteiger partial charge in [-0.15, -0.1) is 0 Å². The lowest BCUT2D eigenvalue weighted by Gasteiger charge is -2.11. The van der Waals surface area contributed by atoms with Crippen molar-refractivity contribution in [2.24, 2.45) is 0 Å². The standard InChI is InChI=1S/C32H52INO5/c1-3-4-5-6-7-8-9-10-11-12-13-14-15-16-17-18-19-20-21-22-32(37)39-26-31(36)34-25-27-23-30(38-2)29(35)24-28(27)33/h10-11,23-24,35H,3-9,12-22,25-26H2,1-2H3,(H,34,36)/b11-10+. The number of rotatable bonds is 24. The quantitative estimate of drug-likeness (QED) is 0.0503. The fourth-order valence-corrected chi connectivity index (χ4v) is 5.04. The molecule has 0 spiro atoms. The van der Waals surface area contributed by atoms with Gasteiger partial charge in [-0.2, -0.15) is 0 Å². The van der Waals surface area contributed by atoms with Crippen LogP contribution in [0.25, 0.3) is 0 Å². The highest BCUT2D eigenvalue weighted by molar-refractivity contribution is 14.1. The minimum atomic E-state index is -0.351. The minimum Gasteiger partial charge on any atom is -0.504 e. The van der Waals surface area contributed by atoms with E-state index in [1.807, 2.05) is 0 Å². The van der Waals surface area contributed by atoms with E-state index in [1.165, 1.54) is 97.0 Å². The van der Waals surface area contributed by atoms with Crippen molar-refractivity contribution in [3.8, 4) is 11.5 Å². The molecule has 1 aromatic carbocycles. The molecule has 1 amide bonds. The molecule has 222 valence electrons. The van der Waals surface area contributed by atoms with E-state index >= 15 is 0 Å². The smallest absolute Gasteiger partial charge is 0.306 e. The highest BCUT2D eigenvalue weighted by Crippen LogP contribution is 2.30. The lowest BCUT2D eigenvalue weighted by atomic mass is 10.1. The molecule has 7 heteroatoms. The summed E-state index contributed by atoms with van der Waals surface area (Å²) in [5, 5.41) is 12.5. The Bertz CT molecular complexity index is 827. The number of carbonyl (C=O) groups is 2. The molecule has 0 saturated carbocycles. The van der Waals surface area contributed by atoms with Gasteiger partial charge in [-0.05, 0) is 72.4 Å². The summed E-state index contributed by atoms with van der Waals surface area (Å²) in [5.74, 6) is -0.274. The fraction of sp³-hybridized carbons (Fsp3) is 0.688. The highest BCUT2D eigenvalue weighted by Gasteiger charge is 2.11. The first kappa shape index (κ1) is 35.3. The second-order valence-electron chi connectivity index (χ2n) is 10.3. The Labute approximate surface area is 250 Å². The van der Waals surface area contributed by atoms with Gasteiger partial charge in [0.25, 0.3) is 5.91 Å². The molecular weight excluding hydrogens is 605 g/mol. The predicted molar refractivity (Wildman–Crippen MR) is 168 cm³/mol. The van der Waals surface area contributed by atoms with E-state index in [4.69, 9.17) is 9.47 Å². The number of nitrogens with one attached hydrogen (secondary N) is 1. The van der Waals surface area contributed by atoms with Gasteiger partial charge in [0.05, 0.1) is 7.11 Å². The number of carbonyl (C=O) groups excluding carboxylic acids is 2. The summed E-state index contributed by atoms with van der Waals surface area (Å²) < 4.78 is 11.0. The molecule has 39 heavy (non-hydrogen) atoms. The number of hydrogen-bond donors (Lipinski definition) is 2. The maximum atomic E-state index is 12.0. The number of hydrogen-bond acceptors (Lipinski definition) is 5. The summed E-state index contributed by atoms with van der Waals surface area (Å²) in [4.78, 5) is 24.0. The molecular formula is C32H52INO5. The Hall–Kier alpha value is -1.77. The molecule has 0 aliphatic rings. The molecule has 0 atom stereocenters. The number of methoxy groups -OCH3 is 1. The molecule has 1 aromatic rings. The zero-order valence-electron chi connectivity index (χ0n) is 24.4. The molecule has 6 nitrogen and oxygen atoms in total. The summed E-state index contributed by atoms with van der Waals surface area (Å²) >= 11 is 2.09. The number of benzene rings is 1. The van der Waals surface area contributed by atoms with Crippen molar-refractivity contribution < 1.29 is 24.2 Å². The predicted octanol–water partition coefficient (Wildman–Crippen LogP) is 8.76. The molecule has 2 N–H and O–H groups in total. The number of allylic oxidation sites excluding steroid dienone is 2. The molecule has 0 radical (unpaired) electrons. The Morgan fingerprint density at radius 3 is 1.95 bits per heavy atom. The number of aromatic hydroxyl groups is 1. The van der Waals surface area contributed by atoms with Crippen LogP contribution in [0, 0.1) is 3.57 Å². The highest BCUT2D eigenvalue weighted by atomic mass is 127. The molecule has 0 aliphatic heterocycles. The third-order valence-electron chi connectivity index (χ3n) is 6.83. The van der Waals surface area contributed by atoms with E-state index in [1.54, 1.807) is 12.1 Å². The van der Waals surface area contributed by atoms with Crippen molar-refractivity contribution in [3.63, 3.8) is 0 Å². The number of halogens is 1. The van der Waals surface area contributed by atoms with Crippen LogP contribution in [0.15, 0.2) is 24.3 Å². The maximum Gasteiger partial charge on any atom is 0.306 e. The van der Waals surface area contributed by atoms with Crippen molar-refractivity contribution in [3.05, 3.63) is 33.4 Å². The largest absolute Gasteiger partial charge is 0.504 e. The van der Waals surface area contributed by atoms with Crippen molar-refractivity contribution in [1.29, 1.82) is 0 Å². The normalized spacial score (nSPS) is 11.2. The monoisotopic (exact) mass is 657 g/mol. The average molecular weight is 658 g/mol. The third kappa shape index (κ3) is 19.0.